The molecule has 5 rings (SSSR count). The maximum Gasteiger partial charge on any atom is 0.0443 e. The Labute approximate surface area is 122 Å². The lowest BCUT2D eigenvalue weighted by Gasteiger charge is -2.54. The summed E-state index contributed by atoms with van der Waals surface area (Å²) in [7, 11) is 2.01. The third-order valence-electron chi connectivity index (χ3n) is 6.15. The molecule has 0 atom stereocenters. The van der Waals surface area contributed by atoms with Crippen LogP contribution in [-0.4, -0.2) is 12.0 Å². The summed E-state index contributed by atoms with van der Waals surface area (Å²) in [5, 5.41) is 3.24. The van der Waals surface area contributed by atoms with Crippen LogP contribution in [0.2, 0.25) is 0 Å². The minimum atomic E-state index is 0.769. The monoisotopic (exact) mass is 270 g/mol. The molecule has 2 heteroatoms. The van der Waals surface area contributed by atoms with Crippen LogP contribution in [0.4, 0.5) is 0 Å². The number of pyridine rings is 1. The normalized spacial score (nSPS) is 38.4. The van der Waals surface area contributed by atoms with Gasteiger partial charge in [-0.2, -0.15) is 0 Å². The second-order valence-corrected chi connectivity index (χ2v) is 7.47. The molecular formula is C18H26N2. The van der Waals surface area contributed by atoms with Gasteiger partial charge in [0.2, 0.25) is 0 Å². The minimum absolute atomic E-state index is 0.769. The molecule has 4 fully saturated rings. The summed E-state index contributed by atoms with van der Waals surface area (Å²) in [4.78, 5) is 5.00. The van der Waals surface area contributed by atoms with E-state index in [1.807, 2.05) is 7.05 Å². The molecule has 0 aliphatic heterocycles. The SMILES string of the molecule is CNCc1ccc(C2C3CC4CC(C3)CC2C4)nc1C. The molecule has 0 unspecified atom stereocenters. The highest BCUT2D eigenvalue weighted by molar-refractivity contribution is 5.26. The van der Waals surface area contributed by atoms with Gasteiger partial charge in [-0.3, -0.25) is 4.98 Å². The lowest BCUT2D eigenvalue weighted by molar-refractivity contribution is -0.00419. The van der Waals surface area contributed by atoms with Crippen LogP contribution in [0.1, 0.15) is 55.0 Å². The maximum absolute atomic E-state index is 5.00. The van der Waals surface area contributed by atoms with E-state index >= 15 is 0 Å². The number of nitrogens with zero attached hydrogens (tertiary/aromatic N) is 1. The van der Waals surface area contributed by atoms with Crippen LogP contribution in [0.5, 0.6) is 0 Å². The lowest BCUT2D eigenvalue weighted by atomic mass is 9.51. The van der Waals surface area contributed by atoms with E-state index in [0.29, 0.717) is 0 Å². The molecule has 4 aliphatic rings. The molecule has 4 saturated carbocycles. The van der Waals surface area contributed by atoms with Gasteiger partial charge in [0.05, 0.1) is 0 Å². The Kier molecular flexibility index (Phi) is 3.10. The molecule has 2 nitrogen and oxygen atoms in total. The fourth-order valence-corrected chi connectivity index (χ4v) is 5.58. The van der Waals surface area contributed by atoms with Gasteiger partial charge in [0, 0.05) is 23.9 Å². The second-order valence-electron chi connectivity index (χ2n) is 7.47. The summed E-state index contributed by atoms with van der Waals surface area (Å²) in [5.41, 5.74) is 3.97. The highest BCUT2D eigenvalue weighted by Gasteiger charge is 2.49. The Morgan fingerprint density at radius 3 is 2.25 bits per heavy atom. The molecule has 1 aromatic rings. The standard InChI is InChI=1S/C18H26N2/c1-11-14(10-19-2)3-4-17(20-11)18-15-6-12-5-13(8-15)9-16(18)7-12/h3-4,12-13,15-16,18-19H,5-10H2,1-2H3. The van der Waals surface area contributed by atoms with Gasteiger partial charge >= 0.3 is 0 Å². The van der Waals surface area contributed by atoms with E-state index in [2.05, 4.69) is 24.4 Å². The van der Waals surface area contributed by atoms with Crippen molar-refractivity contribution in [1.82, 2.24) is 10.3 Å². The van der Waals surface area contributed by atoms with Crippen molar-refractivity contribution in [3.63, 3.8) is 0 Å². The third kappa shape index (κ3) is 2.00. The zero-order valence-corrected chi connectivity index (χ0v) is 12.7. The van der Waals surface area contributed by atoms with E-state index in [9.17, 15) is 0 Å². The Hall–Kier alpha value is -0.890. The van der Waals surface area contributed by atoms with Crippen molar-refractivity contribution in [3.05, 3.63) is 29.1 Å². The molecule has 4 bridgehead atoms. The first-order valence-corrected chi connectivity index (χ1v) is 8.35. The van der Waals surface area contributed by atoms with Crippen molar-refractivity contribution in [3.8, 4) is 0 Å². The topological polar surface area (TPSA) is 24.9 Å². The van der Waals surface area contributed by atoms with E-state index < -0.39 is 0 Å². The van der Waals surface area contributed by atoms with Crippen molar-refractivity contribution < 1.29 is 0 Å². The van der Waals surface area contributed by atoms with Crippen LogP contribution in [-0.2, 0) is 6.54 Å². The number of aryl methyl sites for hydroxylation is 1. The van der Waals surface area contributed by atoms with Crippen molar-refractivity contribution >= 4 is 0 Å². The number of rotatable bonds is 3. The lowest BCUT2D eigenvalue weighted by Crippen LogP contribution is -2.44. The van der Waals surface area contributed by atoms with E-state index in [1.54, 1.807) is 0 Å². The van der Waals surface area contributed by atoms with Crippen LogP contribution in [0, 0.1) is 30.6 Å². The highest BCUT2D eigenvalue weighted by atomic mass is 14.8. The van der Waals surface area contributed by atoms with Gasteiger partial charge in [-0.05, 0) is 81.4 Å². The van der Waals surface area contributed by atoms with Crippen molar-refractivity contribution in [1.29, 1.82) is 0 Å². The smallest absolute Gasteiger partial charge is 0.0443 e. The second kappa shape index (κ2) is 4.84. The molecule has 0 amide bonds. The zero-order valence-electron chi connectivity index (χ0n) is 12.7. The molecule has 0 spiro atoms. The molecule has 108 valence electrons. The quantitative estimate of drug-likeness (QED) is 0.907. The van der Waals surface area contributed by atoms with Crippen LogP contribution >= 0.6 is 0 Å². The Bertz CT molecular complexity index is 480. The summed E-state index contributed by atoms with van der Waals surface area (Å²) < 4.78 is 0. The molecule has 1 N–H and O–H groups in total. The van der Waals surface area contributed by atoms with Crippen LogP contribution in [0.25, 0.3) is 0 Å². The number of hydrogen-bond acceptors (Lipinski definition) is 2. The summed E-state index contributed by atoms with van der Waals surface area (Å²) in [6, 6.07) is 4.63. The molecule has 0 aromatic carbocycles. The van der Waals surface area contributed by atoms with Gasteiger partial charge in [0.1, 0.15) is 0 Å². The Morgan fingerprint density at radius 2 is 1.70 bits per heavy atom. The summed E-state index contributed by atoms with van der Waals surface area (Å²) in [5.74, 6) is 4.75. The predicted molar refractivity (Wildman–Crippen MR) is 81.5 cm³/mol. The largest absolute Gasteiger partial charge is 0.316 e. The van der Waals surface area contributed by atoms with Crippen molar-refractivity contribution in [2.24, 2.45) is 23.7 Å². The number of aromatic nitrogens is 1. The van der Waals surface area contributed by atoms with E-state index in [1.165, 1.54) is 49.1 Å². The third-order valence-corrected chi connectivity index (χ3v) is 6.15. The van der Waals surface area contributed by atoms with Crippen molar-refractivity contribution in [2.45, 2.75) is 51.5 Å². The molecule has 0 radical (unpaired) electrons. The molecular weight excluding hydrogens is 244 g/mol. The predicted octanol–water partition coefficient (Wildman–Crippen LogP) is 3.65. The average molecular weight is 270 g/mol. The van der Waals surface area contributed by atoms with Gasteiger partial charge in [0.15, 0.2) is 0 Å². The number of hydrogen-bond donors (Lipinski definition) is 1. The maximum atomic E-state index is 5.00. The van der Waals surface area contributed by atoms with Gasteiger partial charge < -0.3 is 5.32 Å². The van der Waals surface area contributed by atoms with E-state index in [0.717, 1.165) is 36.1 Å². The molecule has 4 aliphatic carbocycles. The Balaban J connectivity index is 1.63. The number of nitrogens with one attached hydrogen (secondary N) is 1. The highest BCUT2D eigenvalue weighted by Crippen LogP contribution is 2.59. The van der Waals surface area contributed by atoms with Crippen molar-refractivity contribution in [2.75, 3.05) is 7.05 Å². The Morgan fingerprint density at radius 1 is 1.05 bits per heavy atom. The summed E-state index contributed by atoms with van der Waals surface area (Å²) in [6.07, 6.45) is 7.47. The van der Waals surface area contributed by atoms with Gasteiger partial charge in [0.25, 0.3) is 0 Å². The van der Waals surface area contributed by atoms with Gasteiger partial charge in [-0.1, -0.05) is 6.07 Å². The van der Waals surface area contributed by atoms with Gasteiger partial charge in [-0.25, -0.2) is 0 Å². The summed E-state index contributed by atoms with van der Waals surface area (Å²) >= 11 is 0. The molecule has 20 heavy (non-hydrogen) atoms. The minimum Gasteiger partial charge on any atom is -0.316 e. The van der Waals surface area contributed by atoms with Crippen LogP contribution < -0.4 is 5.32 Å². The van der Waals surface area contributed by atoms with E-state index in [4.69, 9.17) is 4.98 Å². The first kappa shape index (κ1) is 12.8. The first-order valence-electron chi connectivity index (χ1n) is 8.35. The van der Waals surface area contributed by atoms with Gasteiger partial charge in [-0.15, -0.1) is 0 Å². The molecule has 0 saturated heterocycles. The molecule has 1 heterocycles. The zero-order chi connectivity index (χ0) is 13.7. The average Bonchev–Trinajstić information content (AvgIpc) is 2.40. The first-order chi connectivity index (χ1) is 9.74. The fourth-order valence-electron chi connectivity index (χ4n) is 5.58. The fraction of sp³-hybridized carbons (Fsp3) is 0.722. The summed E-state index contributed by atoms with van der Waals surface area (Å²) in [6.45, 7) is 3.10. The van der Waals surface area contributed by atoms with Crippen LogP contribution in [0.3, 0.4) is 0 Å². The van der Waals surface area contributed by atoms with E-state index in [-0.39, 0.29) is 0 Å². The van der Waals surface area contributed by atoms with Crippen LogP contribution in [0.15, 0.2) is 12.1 Å². The molecule has 1 aromatic heterocycles.